The fourth-order valence-corrected chi connectivity index (χ4v) is 8.04. The first-order valence-electron chi connectivity index (χ1n) is 25.6. The SMILES string of the molecule is CCCCCCCCCCCCCCCCCCCCCCC(=O)OC(COCCC(C(=O)O)[N+](C)(C)C)COC(=O)CCCCCCCCCCCCCCCCC. The molecule has 0 aliphatic rings. The average Bonchev–Trinajstić information content (AvgIpc) is 3.19. The summed E-state index contributed by atoms with van der Waals surface area (Å²) >= 11 is 0. The molecule has 0 amide bonds. The van der Waals surface area contributed by atoms with Gasteiger partial charge in [0.05, 0.1) is 34.4 Å². The fraction of sp³-hybridized carbons (Fsp3) is 0.941. The Kier molecular flexibility index (Phi) is 41.8. The van der Waals surface area contributed by atoms with E-state index in [4.69, 9.17) is 14.2 Å². The van der Waals surface area contributed by atoms with Gasteiger partial charge in [0, 0.05) is 19.3 Å². The highest BCUT2D eigenvalue weighted by Gasteiger charge is 2.31. The van der Waals surface area contributed by atoms with Gasteiger partial charge in [0.1, 0.15) is 6.61 Å². The molecule has 0 aromatic heterocycles. The third kappa shape index (κ3) is 41.5. The van der Waals surface area contributed by atoms with Crippen molar-refractivity contribution in [1.29, 1.82) is 0 Å². The zero-order valence-corrected chi connectivity index (χ0v) is 40.0. The van der Waals surface area contributed by atoms with Crippen molar-refractivity contribution in [1.82, 2.24) is 0 Å². The van der Waals surface area contributed by atoms with Gasteiger partial charge in [-0.25, -0.2) is 4.79 Å². The summed E-state index contributed by atoms with van der Waals surface area (Å²) in [6.07, 6.45) is 45.7. The van der Waals surface area contributed by atoms with Crippen LogP contribution in [0.5, 0.6) is 0 Å². The van der Waals surface area contributed by atoms with Crippen molar-refractivity contribution >= 4 is 17.9 Å². The molecule has 0 bridgehead atoms. The standard InChI is InChI=1S/C51H99NO7/c1-6-8-10-12-14-16-18-20-22-23-24-25-26-28-30-32-34-36-38-40-42-50(54)59-47(45-57-44-43-48(51(55)56)52(3,4)5)46-58-49(53)41-39-37-35-33-31-29-27-21-19-17-15-13-11-9-7-2/h47-48H,6-46H2,1-5H3/p+1. The maximum atomic E-state index is 12.8. The van der Waals surface area contributed by atoms with Crippen LogP contribution in [0.15, 0.2) is 0 Å². The number of esters is 2. The molecule has 0 radical (unpaired) electrons. The number of carboxylic acid groups (broad SMARTS) is 1. The number of hydrogen-bond acceptors (Lipinski definition) is 6. The van der Waals surface area contributed by atoms with Crippen molar-refractivity contribution in [3.8, 4) is 0 Å². The third-order valence-corrected chi connectivity index (χ3v) is 12.0. The van der Waals surface area contributed by atoms with Gasteiger partial charge in [-0.3, -0.25) is 9.59 Å². The minimum Gasteiger partial charge on any atom is -0.477 e. The summed E-state index contributed by atoms with van der Waals surface area (Å²) in [7, 11) is 5.55. The summed E-state index contributed by atoms with van der Waals surface area (Å²) in [5.74, 6) is -1.44. The first-order chi connectivity index (χ1) is 28.6. The third-order valence-electron chi connectivity index (χ3n) is 12.0. The molecule has 0 saturated carbocycles. The summed E-state index contributed by atoms with van der Waals surface area (Å²) in [6.45, 7) is 4.80. The van der Waals surface area contributed by atoms with E-state index in [0.717, 1.165) is 38.5 Å². The predicted molar refractivity (Wildman–Crippen MR) is 248 cm³/mol. The number of carbonyl (C=O) groups excluding carboxylic acids is 2. The van der Waals surface area contributed by atoms with Crippen LogP contribution in [0.1, 0.15) is 258 Å². The first-order valence-corrected chi connectivity index (χ1v) is 25.6. The lowest BCUT2D eigenvalue weighted by atomic mass is 10.0. The van der Waals surface area contributed by atoms with E-state index in [1.807, 2.05) is 21.1 Å². The summed E-state index contributed by atoms with van der Waals surface area (Å²) in [4.78, 5) is 37.1. The summed E-state index contributed by atoms with van der Waals surface area (Å²) in [6, 6.07) is -0.608. The molecular weight excluding hydrogens is 739 g/mol. The molecule has 0 aliphatic carbocycles. The molecule has 2 unspecified atom stereocenters. The van der Waals surface area contributed by atoms with E-state index < -0.39 is 18.1 Å². The molecule has 0 spiro atoms. The fourth-order valence-electron chi connectivity index (χ4n) is 8.04. The van der Waals surface area contributed by atoms with E-state index in [1.165, 1.54) is 186 Å². The Morgan fingerprint density at radius 3 is 1.05 bits per heavy atom. The van der Waals surface area contributed by atoms with Gasteiger partial charge in [-0.15, -0.1) is 0 Å². The van der Waals surface area contributed by atoms with Crippen molar-refractivity contribution in [2.24, 2.45) is 0 Å². The van der Waals surface area contributed by atoms with Gasteiger partial charge < -0.3 is 23.8 Å². The maximum absolute atomic E-state index is 12.8. The highest BCUT2D eigenvalue weighted by atomic mass is 16.6. The second-order valence-electron chi connectivity index (χ2n) is 18.8. The number of quaternary nitrogens is 1. The van der Waals surface area contributed by atoms with Crippen molar-refractivity contribution in [3.63, 3.8) is 0 Å². The molecule has 0 aromatic rings. The number of likely N-dealkylation sites (N-methyl/N-ethyl adjacent to an activating group) is 1. The van der Waals surface area contributed by atoms with Crippen LogP contribution in [0.4, 0.5) is 0 Å². The van der Waals surface area contributed by atoms with Gasteiger partial charge in [-0.05, 0) is 12.8 Å². The number of carboxylic acids is 1. The van der Waals surface area contributed by atoms with Gasteiger partial charge in [-0.2, -0.15) is 0 Å². The van der Waals surface area contributed by atoms with Crippen LogP contribution < -0.4 is 0 Å². The molecule has 0 heterocycles. The summed E-state index contributed by atoms with van der Waals surface area (Å²) < 4.78 is 17.4. The Morgan fingerprint density at radius 2 is 0.746 bits per heavy atom. The number of rotatable bonds is 47. The second-order valence-corrected chi connectivity index (χ2v) is 18.8. The molecule has 0 fully saturated rings. The van der Waals surface area contributed by atoms with E-state index >= 15 is 0 Å². The molecule has 2 atom stereocenters. The molecule has 59 heavy (non-hydrogen) atoms. The topological polar surface area (TPSA) is 99.1 Å². The number of carbonyl (C=O) groups is 3. The summed E-state index contributed by atoms with van der Waals surface area (Å²) in [5.41, 5.74) is 0. The van der Waals surface area contributed by atoms with Crippen LogP contribution >= 0.6 is 0 Å². The lowest BCUT2D eigenvalue weighted by molar-refractivity contribution is -0.887. The number of hydrogen-bond donors (Lipinski definition) is 1. The molecule has 0 aliphatic heterocycles. The normalized spacial score (nSPS) is 12.8. The van der Waals surface area contributed by atoms with Crippen LogP contribution in [-0.2, 0) is 28.6 Å². The second kappa shape index (κ2) is 43.0. The molecule has 0 aromatic carbocycles. The van der Waals surface area contributed by atoms with Gasteiger partial charge in [0.25, 0.3) is 0 Å². The van der Waals surface area contributed by atoms with Gasteiger partial charge in [0.15, 0.2) is 12.1 Å². The first kappa shape index (κ1) is 57.3. The van der Waals surface area contributed by atoms with E-state index in [1.54, 1.807) is 0 Å². The molecule has 350 valence electrons. The van der Waals surface area contributed by atoms with Crippen molar-refractivity contribution in [2.75, 3.05) is 41.0 Å². The van der Waals surface area contributed by atoms with Crippen molar-refractivity contribution in [3.05, 3.63) is 0 Å². The smallest absolute Gasteiger partial charge is 0.362 e. The van der Waals surface area contributed by atoms with Crippen LogP contribution in [0.25, 0.3) is 0 Å². The van der Waals surface area contributed by atoms with Crippen LogP contribution in [0, 0.1) is 0 Å². The molecular formula is C51H100NO7+. The molecule has 8 heteroatoms. The Labute approximate surface area is 366 Å². The lowest BCUT2D eigenvalue weighted by Crippen LogP contribution is -2.50. The zero-order chi connectivity index (χ0) is 43.5. The van der Waals surface area contributed by atoms with Gasteiger partial charge in [0.2, 0.25) is 0 Å². The van der Waals surface area contributed by atoms with E-state index in [9.17, 15) is 19.5 Å². The Hall–Kier alpha value is -1.67. The van der Waals surface area contributed by atoms with Crippen LogP contribution in [0.2, 0.25) is 0 Å². The van der Waals surface area contributed by atoms with E-state index in [0.29, 0.717) is 19.3 Å². The zero-order valence-electron chi connectivity index (χ0n) is 40.0. The van der Waals surface area contributed by atoms with Crippen LogP contribution in [0.3, 0.4) is 0 Å². The summed E-state index contributed by atoms with van der Waals surface area (Å²) in [5, 5.41) is 9.64. The van der Waals surface area contributed by atoms with Crippen molar-refractivity contribution < 1.29 is 38.2 Å². The number of nitrogens with zero attached hydrogens (tertiary/aromatic N) is 1. The molecule has 0 rings (SSSR count). The molecule has 0 saturated heterocycles. The predicted octanol–water partition coefficient (Wildman–Crippen LogP) is 14.5. The highest BCUT2D eigenvalue weighted by Crippen LogP contribution is 2.17. The van der Waals surface area contributed by atoms with E-state index in [-0.39, 0.29) is 36.2 Å². The van der Waals surface area contributed by atoms with Gasteiger partial charge >= 0.3 is 17.9 Å². The Morgan fingerprint density at radius 1 is 0.441 bits per heavy atom. The Balaban J connectivity index is 4.19. The number of ether oxygens (including phenoxy) is 3. The number of unbranched alkanes of at least 4 members (excludes halogenated alkanes) is 33. The minimum atomic E-state index is -0.869. The average molecular weight is 839 g/mol. The van der Waals surface area contributed by atoms with E-state index in [2.05, 4.69) is 13.8 Å². The molecule has 1 N–H and O–H groups in total. The van der Waals surface area contributed by atoms with Crippen molar-refractivity contribution in [2.45, 2.75) is 270 Å². The monoisotopic (exact) mass is 839 g/mol. The quantitative estimate of drug-likeness (QED) is 0.0370. The molecule has 8 nitrogen and oxygen atoms in total. The van der Waals surface area contributed by atoms with Gasteiger partial charge in [-0.1, -0.05) is 226 Å². The van der Waals surface area contributed by atoms with Crippen LogP contribution in [-0.4, -0.2) is 80.6 Å². The Bertz CT molecular complexity index is 936. The minimum absolute atomic E-state index is 0.0414. The largest absolute Gasteiger partial charge is 0.477 e. The highest BCUT2D eigenvalue weighted by molar-refractivity contribution is 5.72. The number of aliphatic carboxylic acids is 1. The lowest BCUT2D eigenvalue weighted by Gasteiger charge is -2.31. The maximum Gasteiger partial charge on any atom is 0.362 e.